The van der Waals surface area contributed by atoms with E-state index in [1.165, 1.54) is 0 Å². The first kappa shape index (κ1) is 21.2. The summed E-state index contributed by atoms with van der Waals surface area (Å²) in [6, 6.07) is 9.63. The second-order valence-electron chi connectivity index (χ2n) is 6.63. The molecule has 1 aromatic heterocycles. The molecule has 0 fully saturated rings. The summed E-state index contributed by atoms with van der Waals surface area (Å²) < 4.78 is 5.91. The van der Waals surface area contributed by atoms with E-state index in [2.05, 4.69) is 38.1 Å². The first-order chi connectivity index (χ1) is 13.5. The standard InChI is InChI=1S/C21H29N5O2/c1-15(2)28-19-12-16(3)7-8-17(19)14-26-21(22-4)25-11-10-24-20(27)18-6-5-9-23-13-18/h5-9,12-13,15H,10-11,14H2,1-4H3,(H,24,27)(H2,22,25,26). The fraction of sp³-hybridized carbons (Fsp3) is 0.381. The molecule has 2 rings (SSSR count). The summed E-state index contributed by atoms with van der Waals surface area (Å²) in [5.41, 5.74) is 2.76. The average molecular weight is 383 g/mol. The van der Waals surface area contributed by atoms with E-state index in [9.17, 15) is 4.79 Å². The number of aromatic nitrogens is 1. The number of nitrogens with zero attached hydrogens (tertiary/aromatic N) is 2. The molecule has 1 heterocycles. The third-order valence-corrected chi connectivity index (χ3v) is 3.88. The lowest BCUT2D eigenvalue weighted by molar-refractivity contribution is 0.0954. The third kappa shape index (κ3) is 6.90. The second-order valence-corrected chi connectivity index (χ2v) is 6.63. The van der Waals surface area contributed by atoms with Crippen LogP contribution in [0.1, 0.15) is 35.3 Å². The number of rotatable bonds is 8. The second kappa shape index (κ2) is 10.9. The SMILES string of the molecule is CN=C(NCCNC(=O)c1cccnc1)NCc1ccc(C)cc1OC(C)C. The molecule has 2 aromatic rings. The molecule has 0 spiro atoms. The van der Waals surface area contributed by atoms with Crippen LogP contribution in [0.5, 0.6) is 5.75 Å². The van der Waals surface area contributed by atoms with E-state index in [0.717, 1.165) is 16.9 Å². The van der Waals surface area contributed by atoms with Gasteiger partial charge in [-0.15, -0.1) is 0 Å². The maximum atomic E-state index is 12.0. The molecule has 1 aromatic carbocycles. The van der Waals surface area contributed by atoms with Gasteiger partial charge < -0.3 is 20.7 Å². The molecule has 0 aliphatic rings. The van der Waals surface area contributed by atoms with Crippen LogP contribution in [0.4, 0.5) is 0 Å². The number of hydrogen-bond acceptors (Lipinski definition) is 4. The number of nitrogens with one attached hydrogen (secondary N) is 3. The molecule has 0 atom stereocenters. The Labute approximate surface area is 166 Å². The van der Waals surface area contributed by atoms with Crippen LogP contribution in [-0.4, -0.2) is 43.1 Å². The van der Waals surface area contributed by atoms with Crippen LogP contribution in [0.25, 0.3) is 0 Å². The predicted octanol–water partition coefficient (Wildman–Crippen LogP) is 2.27. The van der Waals surface area contributed by atoms with Crippen LogP contribution in [0, 0.1) is 6.92 Å². The number of amides is 1. The zero-order valence-electron chi connectivity index (χ0n) is 17.0. The zero-order valence-corrected chi connectivity index (χ0v) is 17.0. The Kier molecular flexibility index (Phi) is 8.27. The maximum absolute atomic E-state index is 12.0. The zero-order chi connectivity index (χ0) is 20.4. The minimum absolute atomic E-state index is 0.112. The molecule has 0 aliphatic heterocycles. The van der Waals surface area contributed by atoms with Gasteiger partial charge in [-0.1, -0.05) is 12.1 Å². The summed E-state index contributed by atoms with van der Waals surface area (Å²) >= 11 is 0. The van der Waals surface area contributed by atoms with Crippen molar-refractivity contribution in [2.45, 2.75) is 33.4 Å². The molecule has 7 heteroatoms. The molecule has 0 unspecified atom stereocenters. The van der Waals surface area contributed by atoms with Crippen molar-refractivity contribution in [1.82, 2.24) is 20.9 Å². The van der Waals surface area contributed by atoms with Crippen molar-refractivity contribution in [3.05, 3.63) is 59.4 Å². The highest BCUT2D eigenvalue weighted by Crippen LogP contribution is 2.21. The van der Waals surface area contributed by atoms with Crippen LogP contribution in [0.2, 0.25) is 0 Å². The Hall–Kier alpha value is -3.09. The van der Waals surface area contributed by atoms with E-state index < -0.39 is 0 Å². The van der Waals surface area contributed by atoms with Crippen LogP contribution >= 0.6 is 0 Å². The highest BCUT2D eigenvalue weighted by atomic mass is 16.5. The normalized spacial score (nSPS) is 11.2. The predicted molar refractivity (Wildman–Crippen MR) is 112 cm³/mol. The summed E-state index contributed by atoms with van der Waals surface area (Å²) in [7, 11) is 1.71. The Bertz CT molecular complexity index is 791. The van der Waals surface area contributed by atoms with E-state index in [1.807, 2.05) is 26.8 Å². The number of benzene rings is 1. The molecule has 0 radical (unpaired) electrons. The molecule has 3 N–H and O–H groups in total. The van der Waals surface area contributed by atoms with Gasteiger partial charge in [-0.25, -0.2) is 0 Å². The van der Waals surface area contributed by atoms with Crippen molar-refractivity contribution >= 4 is 11.9 Å². The Morgan fingerprint density at radius 2 is 1.96 bits per heavy atom. The van der Waals surface area contributed by atoms with Crippen molar-refractivity contribution in [1.29, 1.82) is 0 Å². The van der Waals surface area contributed by atoms with Gasteiger partial charge >= 0.3 is 0 Å². The number of ether oxygens (including phenoxy) is 1. The van der Waals surface area contributed by atoms with Crippen molar-refractivity contribution < 1.29 is 9.53 Å². The topological polar surface area (TPSA) is 87.6 Å². The number of carbonyl (C=O) groups is 1. The van der Waals surface area contributed by atoms with Crippen LogP contribution in [-0.2, 0) is 6.54 Å². The van der Waals surface area contributed by atoms with E-state index in [0.29, 0.717) is 31.2 Å². The monoisotopic (exact) mass is 383 g/mol. The highest BCUT2D eigenvalue weighted by Gasteiger charge is 2.08. The summed E-state index contributed by atoms with van der Waals surface area (Å²) in [4.78, 5) is 20.1. The van der Waals surface area contributed by atoms with Gasteiger partial charge in [0.05, 0.1) is 11.7 Å². The largest absolute Gasteiger partial charge is 0.491 e. The molecule has 28 heavy (non-hydrogen) atoms. The minimum atomic E-state index is -0.145. The van der Waals surface area contributed by atoms with Crippen molar-refractivity contribution in [3.63, 3.8) is 0 Å². The number of aliphatic imine (C=N–C) groups is 1. The van der Waals surface area contributed by atoms with E-state index in [-0.39, 0.29) is 12.0 Å². The fourth-order valence-electron chi connectivity index (χ4n) is 2.53. The van der Waals surface area contributed by atoms with Crippen molar-refractivity contribution in [3.8, 4) is 5.75 Å². The average Bonchev–Trinajstić information content (AvgIpc) is 2.68. The van der Waals surface area contributed by atoms with Gasteiger partial charge in [0, 0.05) is 44.6 Å². The molecular formula is C21H29N5O2. The maximum Gasteiger partial charge on any atom is 0.252 e. The summed E-state index contributed by atoms with van der Waals surface area (Å²) in [6.45, 7) is 7.68. The lowest BCUT2D eigenvalue weighted by Crippen LogP contribution is -2.41. The number of pyridine rings is 1. The quantitative estimate of drug-likeness (QED) is 0.370. The number of hydrogen-bond donors (Lipinski definition) is 3. The highest BCUT2D eigenvalue weighted by molar-refractivity contribution is 5.93. The smallest absolute Gasteiger partial charge is 0.252 e. The molecule has 0 saturated heterocycles. The minimum Gasteiger partial charge on any atom is -0.491 e. The van der Waals surface area contributed by atoms with Gasteiger partial charge in [0.25, 0.3) is 5.91 Å². The molecular weight excluding hydrogens is 354 g/mol. The fourth-order valence-corrected chi connectivity index (χ4v) is 2.53. The van der Waals surface area contributed by atoms with E-state index >= 15 is 0 Å². The summed E-state index contributed by atoms with van der Waals surface area (Å²) in [5, 5.41) is 9.31. The van der Waals surface area contributed by atoms with Gasteiger partial charge in [-0.2, -0.15) is 0 Å². The van der Waals surface area contributed by atoms with E-state index in [1.54, 1.807) is 31.6 Å². The number of guanidine groups is 1. The van der Waals surface area contributed by atoms with Gasteiger partial charge in [-0.3, -0.25) is 14.8 Å². The summed E-state index contributed by atoms with van der Waals surface area (Å²) in [6.07, 6.45) is 3.29. The van der Waals surface area contributed by atoms with E-state index in [4.69, 9.17) is 4.74 Å². The Balaban J connectivity index is 1.80. The van der Waals surface area contributed by atoms with Crippen molar-refractivity contribution in [2.75, 3.05) is 20.1 Å². The number of carbonyl (C=O) groups excluding carboxylic acids is 1. The molecule has 0 bridgehead atoms. The Morgan fingerprint density at radius 3 is 2.64 bits per heavy atom. The Morgan fingerprint density at radius 1 is 1.18 bits per heavy atom. The van der Waals surface area contributed by atoms with Crippen LogP contribution < -0.4 is 20.7 Å². The van der Waals surface area contributed by atoms with Gasteiger partial charge in [0.1, 0.15) is 5.75 Å². The first-order valence-corrected chi connectivity index (χ1v) is 9.38. The molecule has 150 valence electrons. The molecule has 0 saturated carbocycles. The van der Waals surface area contributed by atoms with Crippen LogP contribution in [0.15, 0.2) is 47.7 Å². The lowest BCUT2D eigenvalue weighted by atomic mass is 10.1. The third-order valence-electron chi connectivity index (χ3n) is 3.88. The van der Waals surface area contributed by atoms with Gasteiger partial charge in [0.2, 0.25) is 0 Å². The van der Waals surface area contributed by atoms with Crippen LogP contribution in [0.3, 0.4) is 0 Å². The lowest BCUT2D eigenvalue weighted by Gasteiger charge is -2.17. The summed E-state index contributed by atoms with van der Waals surface area (Å²) in [5.74, 6) is 1.39. The van der Waals surface area contributed by atoms with Gasteiger partial charge in [0.15, 0.2) is 5.96 Å². The molecule has 1 amide bonds. The molecule has 7 nitrogen and oxygen atoms in total. The van der Waals surface area contributed by atoms with Gasteiger partial charge in [-0.05, 0) is 44.5 Å². The molecule has 0 aliphatic carbocycles. The van der Waals surface area contributed by atoms with Crippen molar-refractivity contribution in [2.24, 2.45) is 4.99 Å². The number of aryl methyl sites for hydroxylation is 1. The first-order valence-electron chi connectivity index (χ1n) is 9.38.